The largest absolute Gasteiger partial charge is 0.444 e. The van der Waals surface area contributed by atoms with Gasteiger partial charge in [-0.3, -0.25) is 4.99 Å². The van der Waals surface area contributed by atoms with Crippen LogP contribution in [0.25, 0.3) is 0 Å². The molecule has 0 aliphatic carbocycles. The first kappa shape index (κ1) is 19.7. The minimum atomic E-state index is -0.511. The van der Waals surface area contributed by atoms with Gasteiger partial charge >= 0.3 is 6.09 Å². The molecule has 0 aromatic heterocycles. The fourth-order valence-corrected chi connectivity index (χ4v) is 1.98. The maximum absolute atomic E-state index is 12.9. The van der Waals surface area contributed by atoms with Crippen LogP contribution in [0.15, 0.2) is 29.3 Å². The van der Waals surface area contributed by atoms with Gasteiger partial charge in [-0.25, -0.2) is 9.18 Å². The second kappa shape index (κ2) is 9.10. The molecule has 0 aliphatic rings. The number of halogens is 1. The lowest BCUT2D eigenvalue weighted by atomic mass is 10.2. The van der Waals surface area contributed by atoms with E-state index in [0.29, 0.717) is 25.6 Å². The molecule has 0 spiro atoms. The molecule has 24 heavy (non-hydrogen) atoms. The molecule has 0 saturated heterocycles. The Morgan fingerprint density at radius 2 is 1.79 bits per heavy atom. The van der Waals surface area contributed by atoms with Crippen LogP contribution >= 0.6 is 0 Å². The SMILES string of the molecule is CN=C(NCCNC(=O)OC(C)(C)C)N(C)Cc1ccc(F)cc1. The summed E-state index contributed by atoms with van der Waals surface area (Å²) in [5.74, 6) is 0.433. The molecule has 134 valence electrons. The Kier molecular flexibility index (Phi) is 7.48. The number of guanidine groups is 1. The minimum absolute atomic E-state index is 0.253. The third kappa shape index (κ3) is 7.80. The van der Waals surface area contributed by atoms with Gasteiger partial charge in [-0.05, 0) is 38.5 Å². The predicted octanol–water partition coefficient (Wildman–Crippen LogP) is 2.36. The number of hydrogen-bond donors (Lipinski definition) is 2. The van der Waals surface area contributed by atoms with Gasteiger partial charge in [0.25, 0.3) is 0 Å². The van der Waals surface area contributed by atoms with E-state index in [0.717, 1.165) is 5.56 Å². The van der Waals surface area contributed by atoms with Crippen molar-refractivity contribution in [1.29, 1.82) is 0 Å². The number of hydrogen-bond acceptors (Lipinski definition) is 3. The monoisotopic (exact) mass is 338 g/mol. The van der Waals surface area contributed by atoms with E-state index < -0.39 is 11.7 Å². The molecule has 0 aliphatic heterocycles. The molecule has 1 aromatic carbocycles. The van der Waals surface area contributed by atoms with Crippen molar-refractivity contribution in [3.8, 4) is 0 Å². The molecule has 0 fully saturated rings. The van der Waals surface area contributed by atoms with Gasteiger partial charge in [0, 0.05) is 33.7 Å². The number of rotatable bonds is 5. The van der Waals surface area contributed by atoms with Crippen molar-refractivity contribution < 1.29 is 13.9 Å². The molecule has 1 amide bonds. The minimum Gasteiger partial charge on any atom is -0.444 e. The van der Waals surface area contributed by atoms with Crippen LogP contribution in [0.2, 0.25) is 0 Å². The predicted molar refractivity (Wildman–Crippen MR) is 93.5 cm³/mol. The highest BCUT2D eigenvalue weighted by molar-refractivity contribution is 5.79. The molecule has 0 heterocycles. The van der Waals surface area contributed by atoms with Crippen LogP contribution in [0.5, 0.6) is 0 Å². The van der Waals surface area contributed by atoms with Crippen molar-refractivity contribution in [3.05, 3.63) is 35.6 Å². The molecule has 0 radical (unpaired) electrons. The first-order valence-electron chi connectivity index (χ1n) is 7.84. The number of nitrogens with zero attached hydrogens (tertiary/aromatic N) is 2. The Morgan fingerprint density at radius 3 is 2.33 bits per heavy atom. The zero-order valence-corrected chi connectivity index (χ0v) is 15.0. The smallest absolute Gasteiger partial charge is 0.407 e. The van der Waals surface area contributed by atoms with E-state index in [1.165, 1.54) is 12.1 Å². The maximum atomic E-state index is 12.9. The summed E-state index contributed by atoms with van der Waals surface area (Å²) in [7, 11) is 3.57. The molecular formula is C17H27FN4O2. The normalized spacial score (nSPS) is 11.8. The second-order valence-electron chi connectivity index (χ2n) is 6.39. The standard InChI is InChI=1S/C17H27FN4O2/c1-17(2,3)24-16(23)21-11-10-20-15(19-4)22(5)12-13-6-8-14(18)9-7-13/h6-9H,10-12H2,1-5H3,(H,19,20)(H,21,23). The average molecular weight is 338 g/mol. The summed E-state index contributed by atoms with van der Waals surface area (Å²) in [4.78, 5) is 17.7. The van der Waals surface area contributed by atoms with E-state index >= 15 is 0 Å². The van der Waals surface area contributed by atoms with Gasteiger partial charge < -0.3 is 20.3 Å². The molecule has 2 N–H and O–H groups in total. The van der Waals surface area contributed by atoms with Crippen LogP contribution in [0.1, 0.15) is 26.3 Å². The number of carbonyl (C=O) groups is 1. The Labute approximate surface area is 143 Å². The van der Waals surface area contributed by atoms with E-state index in [1.807, 2.05) is 32.7 Å². The summed E-state index contributed by atoms with van der Waals surface area (Å²) in [6.07, 6.45) is -0.445. The summed E-state index contributed by atoms with van der Waals surface area (Å²) >= 11 is 0. The summed E-state index contributed by atoms with van der Waals surface area (Å²) < 4.78 is 18.1. The molecular weight excluding hydrogens is 311 g/mol. The molecule has 0 bridgehead atoms. The lowest BCUT2D eigenvalue weighted by molar-refractivity contribution is 0.0529. The zero-order chi connectivity index (χ0) is 18.2. The highest BCUT2D eigenvalue weighted by Crippen LogP contribution is 2.06. The van der Waals surface area contributed by atoms with Gasteiger partial charge in [0.2, 0.25) is 0 Å². The van der Waals surface area contributed by atoms with Crippen LogP contribution in [0.3, 0.4) is 0 Å². The van der Waals surface area contributed by atoms with Gasteiger partial charge in [-0.2, -0.15) is 0 Å². The maximum Gasteiger partial charge on any atom is 0.407 e. The number of aliphatic imine (C=N–C) groups is 1. The van der Waals surface area contributed by atoms with Crippen molar-refractivity contribution in [3.63, 3.8) is 0 Å². The number of ether oxygens (including phenoxy) is 1. The Morgan fingerprint density at radius 1 is 1.21 bits per heavy atom. The molecule has 0 unspecified atom stereocenters. The highest BCUT2D eigenvalue weighted by Gasteiger charge is 2.15. The van der Waals surface area contributed by atoms with E-state index in [1.54, 1.807) is 19.2 Å². The summed E-state index contributed by atoms with van der Waals surface area (Å²) in [6.45, 7) is 6.97. The van der Waals surface area contributed by atoms with Crippen molar-refractivity contribution >= 4 is 12.1 Å². The Balaban J connectivity index is 2.36. The number of benzene rings is 1. The molecule has 0 saturated carbocycles. The van der Waals surface area contributed by atoms with Gasteiger partial charge in [0.05, 0.1) is 0 Å². The molecule has 1 rings (SSSR count). The van der Waals surface area contributed by atoms with E-state index in [9.17, 15) is 9.18 Å². The summed E-state index contributed by atoms with van der Waals surface area (Å²) in [6, 6.07) is 6.35. The van der Waals surface area contributed by atoms with Crippen LogP contribution in [-0.2, 0) is 11.3 Å². The highest BCUT2D eigenvalue weighted by atomic mass is 19.1. The van der Waals surface area contributed by atoms with Gasteiger partial charge in [0.1, 0.15) is 11.4 Å². The lowest BCUT2D eigenvalue weighted by Gasteiger charge is -2.23. The summed E-state index contributed by atoms with van der Waals surface area (Å²) in [5.41, 5.74) is 0.469. The average Bonchev–Trinajstić information content (AvgIpc) is 2.47. The number of carbonyl (C=O) groups excluding carboxylic acids is 1. The summed E-state index contributed by atoms with van der Waals surface area (Å²) in [5, 5.41) is 5.83. The van der Waals surface area contributed by atoms with Crippen molar-refractivity contribution in [2.45, 2.75) is 32.9 Å². The molecule has 1 aromatic rings. The topological polar surface area (TPSA) is 66.0 Å². The first-order chi connectivity index (χ1) is 11.2. The van der Waals surface area contributed by atoms with Crippen molar-refractivity contribution in [2.24, 2.45) is 4.99 Å². The molecule has 0 atom stereocenters. The van der Waals surface area contributed by atoms with Crippen LogP contribution < -0.4 is 10.6 Å². The second-order valence-corrected chi connectivity index (χ2v) is 6.39. The van der Waals surface area contributed by atoms with Crippen molar-refractivity contribution in [2.75, 3.05) is 27.2 Å². The van der Waals surface area contributed by atoms with E-state index in [4.69, 9.17) is 4.74 Å². The number of nitrogens with one attached hydrogen (secondary N) is 2. The number of amides is 1. The van der Waals surface area contributed by atoms with Gasteiger partial charge in [0.15, 0.2) is 5.96 Å². The van der Waals surface area contributed by atoms with Crippen molar-refractivity contribution in [1.82, 2.24) is 15.5 Å². The van der Waals surface area contributed by atoms with Gasteiger partial charge in [-0.1, -0.05) is 12.1 Å². The van der Waals surface area contributed by atoms with Gasteiger partial charge in [-0.15, -0.1) is 0 Å². The third-order valence-electron chi connectivity index (χ3n) is 2.98. The fraction of sp³-hybridized carbons (Fsp3) is 0.529. The zero-order valence-electron chi connectivity index (χ0n) is 15.0. The molecule has 7 heteroatoms. The Bertz CT molecular complexity index is 553. The first-order valence-corrected chi connectivity index (χ1v) is 7.84. The van der Waals surface area contributed by atoms with Crippen LogP contribution in [0.4, 0.5) is 9.18 Å². The van der Waals surface area contributed by atoms with E-state index in [2.05, 4.69) is 15.6 Å². The Hall–Kier alpha value is -2.31. The van der Waals surface area contributed by atoms with Crippen LogP contribution in [-0.4, -0.2) is 49.7 Å². The third-order valence-corrected chi connectivity index (χ3v) is 2.98. The lowest BCUT2D eigenvalue weighted by Crippen LogP contribution is -2.43. The van der Waals surface area contributed by atoms with Crippen LogP contribution in [0, 0.1) is 5.82 Å². The molecule has 6 nitrogen and oxygen atoms in total. The fourth-order valence-electron chi connectivity index (χ4n) is 1.98. The van der Waals surface area contributed by atoms with E-state index in [-0.39, 0.29) is 5.82 Å². The number of alkyl carbamates (subject to hydrolysis) is 1. The quantitative estimate of drug-likeness (QED) is 0.491.